The van der Waals surface area contributed by atoms with E-state index in [1.54, 1.807) is 6.20 Å². The molecule has 0 radical (unpaired) electrons. The fourth-order valence-electron chi connectivity index (χ4n) is 1.57. The van der Waals surface area contributed by atoms with Crippen LogP contribution < -0.4 is 10.6 Å². The van der Waals surface area contributed by atoms with Crippen molar-refractivity contribution >= 4 is 28.7 Å². The average Bonchev–Trinajstić information content (AvgIpc) is 2.39. The zero-order chi connectivity index (χ0) is 12.3. The highest BCUT2D eigenvalue weighted by Gasteiger charge is 2.11. The van der Waals surface area contributed by atoms with E-state index in [2.05, 4.69) is 10.2 Å². The lowest BCUT2D eigenvalue weighted by Gasteiger charge is -2.20. The minimum Gasteiger partial charge on any atom is -0.389 e. The lowest BCUT2D eigenvalue weighted by Crippen LogP contribution is -2.18. The summed E-state index contributed by atoms with van der Waals surface area (Å²) in [4.78, 5) is 2.28. The Morgan fingerprint density at radius 3 is 2.65 bits per heavy atom. The molecule has 0 spiro atoms. The van der Waals surface area contributed by atoms with E-state index in [9.17, 15) is 0 Å². The monoisotopic (exact) mass is 244 g/mol. The lowest BCUT2D eigenvalue weighted by molar-refractivity contribution is 0.987. The molecule has 2 N–H and O–H groups in total. The number of rotatable bonds is 3. The van der Waals surface area contributed by atoms with E-state index in [-0.39, 0.29) is 0 Å². The maximum absolute atomic E-state index is 5.70. The van der Waals surface area contributed by atoms with Crippen molar-refractivity contribution in [2.45, 2.75) is 0 Å². The van der Waals surface area contributed by atoms with Crippen molar-refractivity contribution in [1.82, 2.24) is 10.2 Å². The quantitative estimate of drug-likeness (QED) is 0.835. The molecule has 0 unspecified atom stereocenters. The van der Waals surface area contributed by atoms with Crippen LogP contribution in [0.1, 0.15) is 5.56 Å². The number of hydrogen-bond acceptors (Lipinski definition) is 4. The van der Waals surface area contributed by atoms with Crippen LogP contribution in [0, 0.1) is 0 Å². The van der Waals surface area contributed by atoms with Crippen molar-refractivity contribution in [3.05, 3.63) is 48.2 Å². The van der Waals surface area contributed by atoms with E-state index in [1.165, 1.54) is 0 Å². The highest BCUT2D eigenvalue weighted by atomic mass is 32.1. The molecule has 0 aliphatic carbocycles. The predicted octanol–water partition coefficient (Wildman–Crippen LogP) is 1.88. The van der Waals surface area contributed by atoms with Gasteiger partial charge in [0.25, 0.3) is 0 Å². The highest BCUT2D eigenvalue weighted by molar-refractivity contribution is 7.80. The molecule has 0 saturated heterocycles. The summed E-state index contributed by atoms with van der Waals surface area (Å²) >= 11 is 5.03. The molecule has 5 heteroatoms. The van der Waals surface area contributed by atoms with Gasteiger partial charge in [-0.25, -0.2) is 0 Å². The summed E-state index contributed by atoms with van der Waals surface area (Å²) in [6, 6.07) is 11.4. The molecule has 4 nitrogen and oxygen atoms in total. The van der Waals surface area contributed by atoms with Gasteiger partial charge in [0.15, 0.2) is 5.82 Å². The number of hydrogen-bond donors (Lipinski definition) is 1. The van der Waals surface area contributed by atoms with Crippen LogP contribution in [0.5, 0.6) is 0 Å². The Labute approximate surface area is 105 Å². The van der Waals surface area contributed by atoms with Gasteiger partial charge in [-0.2, -0.15) is 5.10 Å². The normalized spacial score (nSPS) is 9.94. The minimum absolute atomic E-state index is 0.372. The number of nitrogens with two attached hydrogens (primary N) is 1. The van der Waals surface area contributed by atoms with Crippen molar-refractivity contribution in [3.8, 4) is 0 Å². The summed E-state index contributed by atoms with van der Waals surface area (Å²) in [6.45, 7) is 0. The van der Waals surface area contributed by atoms with Gasteiger partial charge in [-0.1, -0.05) is 24.4 Å². The van der Waals surface area contributed by atoms with Gasteiger partial charge in [0.1, 0.15) is 4.99 Å². The average molecular weight is 244 g/mol. The Bertz CT molecular complexity index is 527. The SMILES string of the molecule is CN(c1cccnn1)c1ccccc1C(N)=S. The minimum atomic E-state index is 0.372. The van der Waals surface area contributed by atoms with Crippen molar-refractivity contribution in [2.24, 2.45) is 5.73 Å². The smallest absolute Gasteiger partial charge is 0.155 e. The third-order valence-corrected chi connectivity index (χ3v) is 2.65. The standard InChI is InChI=1S/C12H12N4S/c1-16(11-7-4-8-14-15-11)10-6-3-2-5-9(10)12(13)17/h2-8H,1H3,(H2,13,17). The summed E-state index contributed by atoms with van der Waals surface area (Å²) in [5, 5.41) is 7.90. The number of nitrogens with zero attached hydrogens (tertiary/aromatic N) is 3. The van der Waals surface area contributed by atoms with Crippen LogP contribution in [0.4, 0.5) is 11.5 Å². The van der Waals surface area contributed by atoms with Crippen LogP contribution in [0.2, 0.25) is 0 Å². The maximum Gasteiger partial charge on any atom is 0.155 e. The molecule has 0 aliphatic rings. The van der Waals surface area contributed by atoms with E-state index in [0.717, 1.165) is 17.1 Å². The summed E-state index contributed by atoms with van der Waals surface area (Å²) in [6.07, 6.45) is 1.64. The molecule has 1 heterocycles. The first-order valence-electron chi connectivity index (χ1n) is 5.10. The van der Waals surface area contributed by atoms with E-state index < -0.39 is 0 Å². The van der Waals surface area contributed by atoms with Gasteiger partial charge in [0, 0.05) is 18.8 Å². The molecular weight excluding hydrogens is 232 g/mol. The topological polar surface area (TPSA) is 55.0 Å². The van der Waals surface area contributed by atoms with Gasteiger partial charge >= 0.3 is 0 Å². The predicted molar refractivity (Wildman–Crippen MR) is 72.4 cm³/mol. The van der Waals surface area contributed by atoms with Crippen LogP contribution in [0.15, 0.2) is 42.6 Å². The maximum atomic E-state index is 5.70. The van der Waals surface area contributed by atoms with Gasteiger partial charge in [0.05, 0.1) is 5.69 Å². The molecule has 17 heavy (non-hydrogen) atoms. The van der Waals surface area contributed by atoms with E-state index >= 15 is 0 Å². The van der Waals surface area contributed by atoms with Crippen LogP contribution in [-0.2, 0) is 0 Å². The van der Waals surface area contributed by atoms with Crippen LogP contribution >= 0.6 is 12.2 Å². The molecule has 0 fully saturated rings. The first kappa shape index (κ1) is 11.5. The van der Waals surface area contributed by atoms with Gasteiger partial charge in [-0.15, -0.1) is 5.10 Å². The van der Waals surface area contributed by atoms with Crippen LogP contribution in [-0.4, -0.2) is 22.2 Å². The van der Waals surface area contributed by atoms with Crippen LogP contribution in [0.25, 0.3) is 0 Å². The van der Waals surface area contributed by atoms with E-state index in [1.807, 2.05) is 48.3 Å². The molecule has 86 valence electrons. The van der Waals surface area contributed by atoms with Gasteiger partial charge in [-0.05, 0) is 24.3 Å². The fourth-order valence-corrected chi connectivity index (χ4v) is 1.74. The largest absolute Gasteiger partial charge is 0.389 e. The first-order valence-corrected chi connectivity index (χ1v) is 5.51. The molecule has 0 amide bonds. The lowest BCUT2D eigenvalue weighted by atomic mass is 10.1. The third kappa shape index (κ3) is 2.39. The molecule has 0 saturated carbocycles. The molecular formula is C12H12N4S. The second-order valence-electron chi connectivity index (χ2n) is 3.52. The Morgan fingerprint density at radius 2 is 2.00 bits per heavy atom. The number of para-hydroxylation sites is 1. The zero-order valence-corrected chi connectivity index (χ0v) is 10.2. The van der Waals surface area contributed by atoms with Gasteiger partial charge < -0.3 is 10.6 Å². The zero-order valence-electron chi connectivity index (χ0n) is 9.37. The van der Waals surface area contributed by atoms with E-state index in [4.69, 9.17) is 18.0 Å². The number of anilines is 2. The van der Waals surface area contributed by atoms with Crippen molar-refractivity contribution < 1.29 is 0 Å². The second-order valence-corrected chi connectivity index (χ2v) is 3.96. The van der Waals surface area contributed by atoms with Crippen molar-refractivity contribution in [2.75, 3.05) is 11.9 Å². The molecule has 2 aromatic rings. The summed E-state index contributed by atoms with van der Waals surface area (Å²) in [5.41, 5.74) is 7.45. The molecule has 0 aliphatic heterocycles. The highest BCUT2D eigenvalue weighted by Crippen LogP contribution is 2.24. The Balaban J connectivity index is 2.44. The molecule has 0 atom stereocenters. The Morgan fingerprint density at radius 1 is 1.24 bits per heavy atom. The van der Waals surface area contributed by atoms with Gasteiger partial charge in [0.2, 0.25) is 0 Å². The molecule has 1 aromatic heterocycles. The number of aromatic nitrogens is 2. The molecule has 1 aromatic carbocycles. The number of thiocarbonyl (C=S) groups is 1. The van der Waals surface area contributed by atoms with E-state index in [0.29, 0.717) is 4.99 Å². The summed E-state index contributed by atoms with van der Waals surface area (Å²) in [7, 11) is 1.90. The second kappa shape index (κ2) is 4.88. The van der Waals surface area contributed by atoms with Crippen molar-refractivity contribution in [3.63, 3.8) is 0 Å². The first-order chi connectivity index (χ1) is 8.20. The Kier molecular flexibility index (Phi) is 3.30. The molecule has 2 rings (SSSR count). The number of benzene rings is 1. The Hall–Kier alpha value is -2.01. The summed E-state index contributed by atoms with van der Waals surface area (Å²) < 4.78 is 0. The molecule has 0 bridgehead atoms. The van der Waals surface area contributed by atoms with Crippen molar-refractivity contribution in [1.29, 1.82) is 0 Å². The summed E-state index contributed by atoms with van der Waals surface area (Å²) in [5.74, 6) is 0.746. The third-order valence-electron chi connectivity index (χ3n) is 2.43. The van der Waals surface area contributed by atoms with Gasteiger partial charge in [-0.3, -0.25) is 0 Å². The fraction of sp³-hybridized carbons (Fsp3) is 0.0833. The van der Waals surface area contributed by atoms with Crippen LogP contribution in [0.3, 0.4) is 0 Å².